The molecule has 3 aliphatic carbocycles. The molecule has 7 nitrogen and oxygen atoms in total. The van der Waals surface area contributed by atoms with E-state index in [1.807, 2.05) is 38.1 Å². The van der Waals surface area contributed by atoms with Crippen LogP contribution >= 0.6 is 0 Å². The normalized spacial score (nSPS) is 39.5. The number of aliphatic hydroxyl groups excluding tert-OH is 2. The van der Waals surface area contributed by atoms with Crippen molar-refractivity contribution in [3.63, 3.8) is 0 Å². The Balaban J connectivity index is 1.39. The minimum atomic E-state index is -4.58. The molecule has 2 bridgehead atoms. The van der Waals surface area contributed by atoms with Gasteiger partial charge in [-0.3, -0.25) is 0 Å². The lowest BCUT2D eigenvalue weighted by molar-refractivity contribution is -0.170. The van der Waals surface area contributed by atoms with Gasteiger partial charge in [0.15, 0.2) is 5.58 Å². The second-order valence-corrected chi connectivity index (χ2v) is 12.4. The fourth-order valence-electron chi connectivity index (χ4n) is 8.49. The lowest BCUT2D eigenvalue weighted by atomic mass is 9.56. The Morgan fingerprint density at radius 2 is 1.95 bits per heavy atom. The van der Waals surface area contributed by atoms with Crippen molar-refractivity contribution in [1.29, 1.82) is 0 Å². The summed E-state index contributed by atoms with van der Waals surface area (Å²) in [5.74, 6) is -0.224. The summed E-state index contributed by atoms with van der Waals surface area (Å²) in [4.78, 5) is 6.08. The summed E-state index contributed by atoms with van der Waals surface area (Å²) in [6, 6.07) is 5.10. The first-order valence-electron chi connectivity index (χ1n) is 13.4. The highest BCUT2D eigenvalue weighted by Crippen LogP contribution is 2.70. The highest BCUT2D eigenvalue weighted by atomic mass is 19.4. The number of aliphatic hydroxyl groups is 2. The van der Waals surface area contributed by atoms with Crippen molar-refractivity contribution in [3.05, 3.63) is 52.6 Å². The van der Waals surface area contributed by atoms with Gasteiger partial charge in [0, 0.05) is 22.9 Å². The predicted molar refractivity (Wildman–Crippen MR) is 138 cm³/mol. The van der Waals surface area contributed by atoms with E-state index >= 15 is 0 Å². The van der Waals surface area contributed by atoms with Crippen LogP contribution < -0.4 is 5.73 Å². The van der Waals surface area contributed by atoms with Crippen molar-refractivity contribution in [3.8, 4) is 0 Å². The number of rotatable bonds is 2. The number of benzene rings is 1. The van der Waals surface area contributed by atoms with Gasteiger partial charge in [-0.15, -0.1) is 0 Å². The zero-order valence-electron chi connectivity index (χ0n) is 22.0. The number of likely N-dealkylation sites (N-methyl/N-ethyl adjacent to an activating group) is 1. The summed E-state index contributed by atoms with van der Waals surface area (Å²) in [6.07, 6.45) is -1.70. The van der Waals surface area contributed by atoms with E-state index in [4.69, 9.17) is 14.9 Å². The molecule has 1 saturated carbocycles. The van der Waals surface area contributed by atoms with Gasteiger partial charge in [0.1, 0.15) is 11.6 Å². The average Bonchev–Trinajstić information content (AvgIpc) is 3.50. The summed E-state index contributed by atoms with van der Waals surface area (Å²) >= 11 is 0. The quantitative estimate of drug-likeness (QED) is 0.517. The van der Waals surface area contributed by atoms with Crippen molar-refractivity contribution in [2.45, 2.75) is 74.7 Å². The number of ether oxygens (including phenoxy) is 1. The molecule has 10 heteroatoms. The summed E-state index contributed by atoms with van der Waals surface area (Å²) in [7, 11) is 3.66. The molecule has 0 amide bonds. The van der Waals surface area contributed by atoms with Crippen LogP contribution in [0.3, 0.4) is 0 Å². The Morgan fingerprint density at radius 1 is 1.18 bits per heavy atom. The highest BCUT2D eigenvalue weighted by Gasteiger charge is 2.69. The first-order chi connectivity index (χ1) is 18.3. The van der Waals surface area contributed by atoms with E-state index in [2.05, 4.69) is 11.1 Å². The second kappa shape index (κ2) is 7.75. The third kappa shape index (κ3) is 3.23. The second-order valence-electron chi connectivity index (χ2n) is 12.4. The number of nitrogens with zero attached hydrogens (tertiary/aromatic N) is 2. The van der Waals surface area contributed by atoms with Gasteiger partial charge in [-0.05, 0) is 80.6 Å². The summed E-state index contributed by atoms with van der Waals surface area (Å²) in [6.45, 7) is 1.92. The molecule has 4 N–H and O–H groups in total. The zero-order chi connectivity index (χ0) is 27.7. The number of anilines is 1. The van der Waals surface area contributed by atoms with Crippen molar-refractivity contribution < 1.29 is 32.5 Å². The molecule has 1 aromatic heterocycles. The Kier molecular flexibility index (Phi) is 5.03. The lowest BCUT2D eigenvalue weighted by Gasteiger charge is -2.57. The standard InChI is InChI=1S/C29H32F3N3O4/c1-26-12-18(29(30,31)32)16-11-17-23(36)24(37)20(35(2)3)13-27(17)8-9-28(16,39-27)22(26)7-5-15(26)14-4-6-21-19(10-14)34-25(33)38-21/h4-6,10-11,20,22-24,36-37H,7-9,12-13H2,1-3H3,(H2,33,34). The lowest BCUT2D eigenvalue weighted by Crippen LogP contribution is -2.62. The van der Waals surface area contributed by atoms with Crippen LogP contribution in [0, 0.1) is 11.3 Å². The zero-order valence-corrected chi connectivity index (χ0v) is 22.0. The Hall–Kier alpha value is -2.66. The highest BCUT2D eigenvalue weighted by molar-refractivity contribution is 5.83. The van der Waals surface area contributed by atoms with E-state index in [0.29, 0.717) is 42.4 Å². The fraction of sp³-hybridized carbons (Fsp3) is 0.552. The van der Waals surface area contributed by atoms with Crippen LogP contribution in [0.5, 0.6) is 0 Å². The number of allylic oxidation sites excluding steroid dienone is 3. The van der Waals surface area contributed by atoms with Crippen LogP contribution in [0.2, 0.25) is 0 Å². The maximum atomic E-state index is 14.8. The van der Waals surface area contributed by atoms with Gasteiger partial charge in [0.25, 0.3) is 6.01 Å². The summed E-state index contributed by atoms with van der Waals surface area (Å²) in [5.41, 5.74) is 5.45. The minimum Gasteiger partial charge on any atom is -0.424 e. The molecular weight excluding hydrogens is 511 g/mol. The maximum Gasteiger partial charge on any atom is 0.413 e. The summed E-state index contributed by atoms with van der Waals surface area (Å²) in [5, 5.41) is 22.0. The molecule has 2 aliphatic heterocycles. The number of halogens is 3. The van der Waals surface area contributed by atoms with Crippen molar-refractivity contribution in [2.75, 3.05) is 19.8 Å². The van der Waals surface area contributed by atoms with Crippen molar-refractivity contribution >= 4 is 22.7 Å². The smallest absolute Gasteiger partial charge is 0.413 e. The number of oxazole rings is 1. The van der Waals surface area contributed by atoms with Crippen molar-refractivity contribution in [1.82, 2.24) is 9.88 Å². The number of nitrogens with two attached hydrogens (primary N) is 1. The average molecular weight is 544 g/mol. The van der Waals surface area contributed by atoms with E-state index in [1.54, 1.807) is 12.1 Å². The van der Waals surface area contributed by atoms with Crippen LogP contribution in [0.1, 0.15) is 44.6 Å². The minimum absolute atomic E-state index is 0.0420. The first-order valence-corrected chi connectivity index (χ1v) is 13.4. The van der Waals surface area contributed by atoms with Gasteiger partial charge in [0.05, 0.1) is 17.3 Å². The molecule has 1 aromatic carbocycles. The van der Waals surface area contributed by atoms with E-state index in [0.717, 1.165) is 11.1 Å². The van der Waals surface area contributed by atoms with E-state index < -0.39 is 40.6 Å². The molecule has 1 saturated heterocycles. The van der Waals surface area contributed by atoms with Gasteiger partial charge >= 0.3 is 6.18 Å². The van der Waals surface area contributed by atoms with E-state index in [-0.39, 0.29) is 30.0 Å². The maximum absolute atomic E-state index is 14.8. The number of hydrogen-bond acceptors (Lipinski definition) is 7. The van der Waals surface area contributed by atoms with Crippen LogP contribution in [0.4, 0.5) is 19.2 Å². The fourth-order valence-corrected chi connectivity index (χ4v) is 8.49. The molecule has 2 spiro atoms. The van der Waals surface area contributed by atoms with Crippen LogP contribution in [0.15, 0.2) is 51.5 Å². The van der Waals surface area contributed by atoms with Gasteiger partial charge in [0.2, 0.25) is 0 Å². The largest absolute Gasteiger partial charge is 0.424 e. The monoisotopic (exact) mass is 543 g/mol. The number of aromatic nitrogens is 1. The molecule has 208 valence electrons. The number of alkyl halides is 3. The number of fused-ring (bicyclic) bond motifs is 2. The molecule has 2 aromatic rings. The van der Waals surface area contributed by atoms with Gasteiger partial charge < -0.3 is 30.0 Å². The molecule has 7 unspecified atom stereocenters. The molecule has 3 heterocycles. The Labute approximate surface area is 223 Å². The number of hydrogen-bond donors (Lipinski definition) is 3. The molecule has 7 rings (SSSR count). The van der Waals surface area contributed by atoms with E-state index in [9.17, 15) is 23.4 Å². The van der Waals surface area contributed by atoms with Crippen LogP contribution in [0.25, 0.3) is 16.7 Å². The molecule has 5 aliphatic rings. The van der Waals surface area contributed by atoms with Crippen molar-refractivity contribution in [2.24, 2.45) is 11.3 Å². The topological polar surface area (TPSA) is 105 Å². The Morgan fingerprint density at radius 3 is 2.67 bits per heavy atom. The number of nitrogen functional groups attached to an aromatic ring is 1. The molecular formula is C29H32F3N3O4. The third-order valence-corrected chi connectivity index (χ3v) is 10.2. The molecule has 2 fully saturated rings. The third-order valence-electron chi connectivity index (χ3n) is 10.2. The van der Waals surface area contributed by atoms with Crippen LogP contribution in [-0.4, -0.2) is 69.8 Å². The van der Waals surface area contributed by atoms with Crippen LogP contribution in [-0.2, 0) is 4.74 Å². The first kappa shape index (κ1) is 25.3. The van der Waals surface area contributed by atoms with Gasteiger partial charge in [-0.1, -0.05) is 25.1 Å². The SMILES string of the molecule is CN(C)C1CC23CCC4(O2)C(=C(C(F)(F)F)CC2(C)C(c5ccc6oc(N)nc6c5)=CCC24)C=C3C(O)C1O. The Bertz CT molecular complexity index is 1490. The van der Waals surface area contributed by atoms with E-state index in [1.165, 1.54) is 0 Å². The summed E-state index contributed by atoms with van der Waals surface area (Å²) < 4.78 is 56.9. The van der Waals surface area contributed by atoms with Gasteiger partial charge in [-0.2, -0.15) is 18.2 Å². The molecule has 39 heavy (non-hydrogen) atoms. The predicted octanol–water partition coefficient (Wildman–Crippen LogP) is 4.37. The molecule has 0 radical (unpaired) electrons. The molecule has 7 atom stereocenters. The van der Waals surface area contributed by atoms with Gasteiger partial charge in [-0.25, -0.2) is 0 Å².